The Bertz CT molecular complexity index is 794. The van der Waals surface area contributed by atoms with Crippen LogP contribution in [-0.2, 0) is 0 Å². The molecular weight excluding hydrogens is 338 g/mol. The quantitative estimate of drug-likeness (QED) is 0.552. The average molecular weight is 363 g/mol. The number of rotatable bonds is 7. The largest absolute Gasteiger partial charge is 0.297 e. The third-order valence-corrected chi connectivity index (χ3v) is 4.73. The van der Waals surface area contributed by atoms with Gasteiger partial charge < -0.3 is 0 Å². The first-order valence-corrected chi connectivity index (χ1v) is 9.28. The van der Waals surface area contributed by atoms with Crippen LogP contribution in [0.3, 0.4) is 0 Å². The van der Waals surface area contributed by atoms with Crippen LogP contribution in [0.1, 0.15) is 11.1 Å². The van der Waals surface area contributed by atoms with Gasteiger partial charge in [-0.2, -0.15) is 0 Å². The summed E-state index contributed by atoms with van der Waals surface area (Å²) in [5.41, 5.74) is 2.05. The number of piperazine rings is 1. The zero-order chi connectivity index (χ0) is 18.9. The molecule has 0 unspecified atom stereocenters. The molecule has 27 heavy (non-hydrogen) atoms. The van der Waals surface area contributed by atoms with Crippen molar-refractivity contribution in [2.45, 2.75) is 0 Å². The molecule has 0 saturated carbocycles. The standard InChI is InChI=1S/C22H25N3O2/c26-25(27)22-13-5-4-11-21(22)12-7-15-24-18-16-23(17-19-24)14-6-10-20-8-2-1-3-9-20/h1-13H,14-19H2/b10-6+,12-7+. The first kappa shape index (κ1) is 19.0. The molecule has 5 heteroatoms. The highest BCUT2D eigenvalue weighted by Gasteiger charge is 2.15. The van der Waals surface area contributed by atoms with Gasteiger partial charge in [0.15, 0.2) is 0 Å². The van der Waals surface area contributed by atoms with Crippen molar-refractivity contribution >= 4 is 17.8 Å². The van der Waals surface area contributed by atoms with Crippen LogP contribution in [0.25, 0.3) is 12.2 Å². The maximum atomic E-state index is 11.0. The SMILES string of the molecule is O=[N+]([O-])c1ccccc1/C=C/CN1CCN(C/C=C/c2ccccc2)CC1. The summed E-state index contributed by atoms with van der Waals surface area (Å²) >= 11 is 0. The molecule has 1 aliphatic heterocycles. The summed E-state index contributed by atoms with van der Waals surface area (Å²) in [7, 11) is 0. The van der Waals surface area contributed by atoms with Crippen LogP contribution in [0.15, 0.2) is 66.7 Å². The van der Waals surface area contributed by atoms with Gasteiger partial charge in [-0.25, -0.2) is 0 Å². The zero-order valence-electron chi connectivity index (χ0n) is 15.4. The highest BCUT2D eigenvalue weighted by Crippen LogP contribution is 2.19. The van der Waals surface area contributed by atoms with Crippen molar-refractivity contribution in [2.24, 2.45) is 0 Å². The molecule has 2 aromatic carbocycles. The lowest BCUT2D eigenvalue weighted by Crippen LogP contribution is -2.46. The van der Waals surface area contributed by atoms with Gasteiger partial charge in [0.1, 0.15) is 0 Å². The fourth-order valence-electron chi connectivity index (χ4n) is 3.18. The first-order valence-electron chi connectivity index (χ1n) is 9.28. The van der Waals surface area contributed by atoms with Gasteiger partial charge in [-0.05, 0) is 11.6 Å². The molecule has 0 aromatic heterocycles. The molecule has 0 N–H and O–H groups in total. The Kier molecular flexibility index (Phi) is 6.90. The van der Waals surface area contributed by atoms with E-state index in [1.165, 1.54) is 5.56 Å². The van der Waals surface area contributed by atoms with Crippen LogP contribution in [-0.4, -0.2) is 54.0 Å². The van der Waals surface area contributed by atoms with Gasteiger partial charge in [0, 0.05) is 45.3 Å². The van der Waals surface area contributed by atoms with E-state index in [-0.39, 0.29) is 10.6 Å². The molecule has 1 aliphatic rings. The van der Waals surface area contributed by atoms with Crippen molar-refractivity contribution in [2.75, 3.05) is 39.3 Å². The van der Waals surface area contributed by atoms with Crippen molar-refractivity contribution in [1.29, 1.82) is 0 Å². The number of hydrogen-bond donors (Lipinski definition) is 0. The molecule has 0 spiro atoms. The van der Waals surface area contributed by atoms with Crippen LogP contribution in [0, 0.1) is 10.1 Å². The Morgan fingerprint density at radius 2 is 1.37 bits per heavy atom. The predicted octanol–water partition coefficient (Wildman–Crippen LogP) is 3.94. The Hall–Kier alpha value is -2.76. The molecule has 3 rings (SSSR count). The number of nitro groups is 1. The molecule has 0 atom stereocenters. The molecule has 1 heterocycles. The average Bonchev–Trinajstić information content (AvgIpc) is 2.70. The fraction of sp³-hybridized carbons (Fsp3) is 0.273. The molecule has 2 aromatic rings. The lowest BCUT2D eigenvalue weighted by atomic mass is 10.1. The Balaban J connectivity index is 1.42. The second-order valence-corrected chi connectivity index (χ2v) is 6.63. The van der Waals surface area contributed by atoms with Crippen LogP contribution in [0.4, 0.5) is 5.69 Å². The smallest absolute Gasteiger partial charge is 0.276 e. The number of hydrogen-bond acceptors (Lipinski definition) is 4. The van der Waals surface area contributed by atoms with Crippen molar-refractivity contribution in [3.05, 3.63) is 88.0 Å². The van der Waals surface area contributed by atoms with Gasteiger partial charge in [0.2, 0.25) is 0 Å². The van der Waals surface area contributed by atoms with Crippen molar-refractivity contribution in [3.63, 3.8) is 0 Å². The summed E-state index contributed by atoms with van der Waals surface area (Å²) in [4.78, 5) is 15.5. The zero-order valence-corrected chi connectivity index (χ0v) is 15.4. The lowest BCUT2D eigenvalue weighted by molar-refractivity contribution is -0.385. The van der Waals surface area contributed by atoms with Crippen LogP contribution < -0.4 is 0 Å². The van der Waals surface area contributed by atoms with Gasteiger partial charge >= 0.3 is 0 Å². The number of nitrogens with zero attached hydrogens (tertiary/aromatic N) is 3. The van der Waals surface area contributed by atoms with Gasteiger partial charge in [0.05, 0.1) is 10.5 Å². The first-order chi connectivity index (χ1) is 13.2. The minimum Gasteiger partial charge on any atom is -0.297 e. The van der Waals surface area contributed by atoms with Crippen LogP contribution in [0.2, 0.25) is 0 Å². The minimum atomic E-state index is -0.332. The van der Waals surface area contributed by atoms with Gasteiger partial charge in [-0.1, -0.05) is 66.8 Å². The van der Waals surface area contributed by atoms with E-state index in [2.05, 4.69) is 46.2 Å². The number of benzene rings is 2. The van der Waals surface area contributed by atoms with E-state index in [9.17, 15) is 10.1 Å². The van der Waals surface area contributed by atoms with Crippen molar-refractivity contribution in [3.8, 4) is 0 Å². The van der Waals surface area contributed by atoms with E-state index >= 15 is 0 Å². The Labute approximate surface area is 160 Å². The van der Waals surface area contributed by atoms with Crippen molar-refractivity contribution < 1.29 is 4.92 Å². The summed E-state index contributed by atoms with van der Waals surface area (Å²) in [6, 6.07) is 17.2. The van der Waals surface area contributed by atoms with E-state index in [4.69, 9.17) is 0 Å². The summed E-state index contributed by atoms with van der Waals surface area (Å²) in [6.07, 6.45) is 8.27. The van der Waals surface area contributed by atoms with Crippen molar-refractivity contribution in [1.82, 2.24) is 9.80 Å². The second-order valence-electron chi connectivity index (χ2n) is 6.63. The van der Waals surface area contributed by atoms with E-state index in [1.807, 2.05) is 24.3 Å². The predicted molar refractivity (Wildman–Crippen MR) is 110 cm³/mol. The summed E-state index contributed by atoms with van der Waals surface area (Å²) in [5.74, 6) is 0. The van der Waals surface area contributed by atoms with E-state index in [0.29, 0.717) is 5.56 Å². The molecule has 0 aliphatic carbocycles. The summed E-state index contributed by atoms with van der Waals surface area (Å²) in [6.45, 7) is 5.90. The number of para-hydroxylation sites is 1. The van der Waals surface area contributed by atoms with Gasteiger partial charge in [-0.15, -0.1) is 0 Å². The van der Waals surface area contributed by atoms with Crippen LogP contribution in [0.5, 0.6) is 0 Å². The molecular formula is C22H25N3O2. The van der Waals surface area contributed by atoms with E-state index in [1.54, 1.807) is 18.2 Å². The minimum absolute atomic E-state index is 0.156. The monoisotopic (exact) mass is 363 g/mol. The normalized spacial score (nSPS) is 16.3. The highest BCUT2D eigenvalue weighted by atomic mass is 16.6. The Morgan fingerprint density at radius 3 is 2.00 bits per heavy atom. The molecule has 0 bridgehead atoms. The maximum absolute atomic E-state index is 11.0. The molecule has 1 saturated heterocycles. The Morgan fingerprint density at radius 1 is 0.815 bits per heavy atom. The molecule has 1 fully saturated rings. The second kappa shape index (κ2) is 9.80. The number of nitro benzene ring substituents is 1. The third-order valence-electron chi connectivity index (χ3n) is 4.73. The molecule has 140 valence electrons. The topological polar surface area (TPSA) is 49.6 Å². The van der Waals surface area contributed by atoms with Crippen LogP contribution >= 0.6 is 0 Å². The fourth-order valence-corrected chi connectivity index (χ4v) is 3.18. The van der Waals surface area contributed by atoms with Gasteiger partial charge in [-0.3, -0.25) is 19.9 Å². The maximum Gasteiger partial charge on any atom is 0.276 e. The van der Waals surface area contributed by atoms with E-state index < -0.39 is 0 Å². The molecule has 0 radical (unpaired) electrons. The molecule has 0 amide bonds. The summed E-state index contributed by atoms with van der Waals surface area (Å²) < 4.78 is 0. The third kappa shape index (κ3) is 5.88. The lowest BCUT2D eigenvalue weighted by Gasteiger charge is -2.33. The van der Waals surface area contributed by atoms with Gasteiger partial charge in [0.25, 0.3) is 5.69 Å². The highest BCUT2D eigenvalue weighted by molar-refractivity contribution is 5.60. The molecule has 5 nitrogen and oxygen atoms in total. The summed E-state index contributed by atoms with van der Waals surface area (Å²) in [5, 5.41) is 11.0. The van der Waals surface area contributed by atoms with E-state index in [0.717, 1.165) is 39.3 Å².